The molecule has 0 unspecified atom stereocenters. The van der Waals surface area contributed by atoms with Gasteiger partial charge in [-0.05, 0) is 32.4 Å². The minimum Gasteiger partial charge on any atom is -0.330 e. The Labute approximate surface area is 120 Å². The van der Waals surface area contributed by atoms with Gasteiger partial charge in [-0.15, -0.1) is 10.2 Å². The third-order valence-corrected chi connectivity index (χ3v) is 4.40. The largest absolute Gasteiger partial charge is 0.330 e. The molecule has 1 aromatic carbocycles. The number of aromatic nitrogens is 2. The Hall–Kier alpha value is -1.58. The smallest absolute Gasteiger partial charge is 0.210 e. The van der Waals surface area contributed by atoms with Gasteiger partial charge >= 0.3 is 0 Å². The van der Waals surface area contributed by atoms with Crippen LogP contribution in [0.1, 0.15) is 18.1 Å². The van der Waals surface area contributed by atoms with E-state index in [1.807, 2.05) is 13.0 Å². The zero-order valence-corrected chi connectivity index (χ0v) is 12.6. The first kappa shape index (κ1) is 13.8. The number of thioether (sulfide) groups is 1. The Morgan fingerprint density at radius 3 is 2.84 bits per heavy atom. The fourth-order valence-corrected chi connectivity index (χ4v) is 3.35. The lowest BCUT2D eigenvalue weighted by Crippen LogP contribution is -1.92. The van der Waals surface area contributed by atoms with Crippen molar-refractivity contribution >= 4 is 33.9 Å². The Kier molecular flexibility index (Phi) is 4.40. The molecule has 0 fully saturated rings. The van der Waals surface area contributed by atoms with Crippen LogP contribution in [0.2, 0.25) is 0 Å². The molecule has 0 aliphatic heterocycles. The van der Waals surface area contributed by atoms with Crippen molar-refractivity contribution in [2.75, 3.05) is 5.32 Å². The van der Waals surface area contributed by atoms with Crippen molar-refractivity contribution in [2.24, 2.45) is 0 Å². The average Bonchev–Trinajstić information content (AvgIpc) is 2.80. The molecule has 0 spiro atoms. The zero-order chi connectivity index (χ0) is 13.8. The van der Waals surface area contributed by atoms with Gasteiger partial charge in [0.1, 0.15) is 0 Å². The van der Waals surface area contributed by atoms with Gasteiger partial charge in [0.15, 0.2) is 4.34 Å². The Morgan fingerprint density at radius 2 is 2.16 bits per heavy atom. The Bertz CT molecular complexity index is 615. The summed E-state index contributed by atoms with van der Waals surface area (Å²) < 4.78 is 0.807. The number of aryl methyl sites for hydroxylation is 2. The van der Waals surface area contributed by atoms with Crippen LogP contribution in [0.5, 0.6) is 0 Å². The van der Waals surface area contributed by atoms with Gasteiger partial charge in [0, 0.05) is 5.69 Å². The van der Waals surface area contributed by atoms with Crippen LogP contribution in [0.4, 0.5) is 10.8 Å². The minimum atomic E-state index is -0.109. The molecule has 2 rings (SSSR count). The number of rotatable bonds is 4. The van der Waals surface area contributed by atoms with E-state index in [4.69, 9.17) is 5.26 Å². The van der Waals surface area contributed by atoms with E-state index < -0.39 is 0 Å². The summed E-state index contributed by atoms with van der Waals surface area (Å²) in [5, 5.41) is 20.8. The van der Waals surface area contributed by atoms with Crippen molar-refractivity contribution in [3.05, 3.63) is 29.3 Å². The highest BCUT2D eigenvalue weighted by Gasteiger charge is 2.09. The molecule has 0 aliphatic carbocycles. The number of benzene rings is 1. The maximum absolute atomic E-state index is 8.77. The van der Waals surface area contributed by atoms with Gasteiger partial charge < -0.3 is 5.32 Å². The van der Waals surface area contributed by atoms with E-state index in [2.05, 4.69) is 47.6 Å². The first-order valence-electron chi connectivity index (χ1n) is 5.82. The van der Waals surface area contributed by atoms with E-state index in [1.165, 1.54) is 34.2 Å². The average molecular weight is 290 g/mol. The second kappa shape index (κ2) is 6.04. The lowest BCUT2D eigenvalue weighted by Gasteiger charge is -2.06. The molecule has 0 saturated heterocycles. The number of nitrogens with one attached hydrogen (secondary N) is 1. The van der Waals surface area contributed by atoms with Crippen LogP contribution in [0, 0.1) is 25.2 Å². The Morgan fingerprint density at radius 1 is 1.37 bits per heavy atom. The van der Waals surface area contributed by atoms with Crippen LogP contribution in [-0.2, 0) is 0 Å². The van der Waals surface area contributed by atoms with Crippen LogP contribution in [0.3, 0.4) is 0 Å². The molecule has 1 atom stereocenters. The van der Waals surface area contributed by atoms with Crippen molar-refractivity contribution in [2.45, 2.75) is 30.4 Å². The number of nitriles is 1. The monoisotopic (exact) mass is 290 g/mol. The highest BCUT2D eigenvalue weighted by atomic mass is 32.2. The summed E-state index contributed by atoms with van der Waals surface area (Å²) in [4.78, 5) is 0. The van der Waals surface area contributed by atoms with Gasteiger partial charge in [0.2, 0.25) is 5.13 Å². The highest BCUT2D eigenvalue weighted by molar-refractivity contribution is 8.01. The number of hydrogen-bond acceptors (Lipinski definition) is 6. The minimum absolute atomic E-state index is 0.109. The van der Waals surface area contributed by atoms with E-state index in [-0.39, 0.29) is 5.25 Å². The molecule has 98 valence electrons. The fraction of sp³-hybridized carbons (Fsp3) is 0.308. The van der Waals surface area contributed by atoms with E-state index in [0.717, 1.165) is 15.2 Å². The summed E-state index contributed by atoms with van der Waals surface area (Å²) in [6.45, 7) is 5.98. The van der Waals surface area contributed by atoms with E-state index in [0.29, 0.717) is 0 Å². The standard InChI is InChI=1S/C13H14N4S2/c1-8-4-5-11(9(2)6-8)15-12-16-17-13(19-12)18-10(3)7-14/h4-6,10H,1-3H3,(H,15,16)/t10-/m0/s1. The molecule has 19 heavy (non-hydrogen) atoms. The van der Waals surface area contributed by atoms with Crippen molar-refractivity contribution in [1.29, 1.82) is 5.26 Å². The number of nitrogens with zero attached hydrogens (tertiary/aromatic N) is 3. The maximum Gasteiger partial charge on any atom is 0.210 e. The van der Waals surface area contributed by atoms with Crippen molar-refractivity contribution < 1.29 is 0 Å². The molecule has 1 aromatic heterocycles. The van der Waals surface area contributed by atoms with Gasteiger partial charge in [-0.3, -0.25) is 0 Å². The first-order valence-corrected chi connectivity index (χ1v) is 7.52. The molecule has 0 radical (unpaired) electrons. The van der Waals surface area contributed by atoms with Crippen LogP contribution in [0.25, 0.3) is 0 Å². The van der Waals surface area contributed by atoms with Crippen LogP contribution in [-0.4, -0.2) is 15.4 Å². The van der Waals surface area contributed by atoms with Crippen molar-refractivity contribution in [3.8, 4) is 6.07 Å². The molecule has 1 N–H and O–H groups in total. The highest BCUT2D eigenvalue weighted by Crippen LogP contribution is 2.30. The predicted molar refractivity (Wildman–Crippen MR) is 80.0 cm³/mol. The fourth-order valence-electron chi connectivity index (χ4n) is 1.55. The van der Waals surface area contributed by atoms with Crippen molar-refractivity contribution in [1.82, 2.24) is 10.2 Å². The quantitative estimate of drug-likeness (QED) is 0.865. The van der Waals surface area contributed by atoms with Gasteiger partial charge in [-0.25, -0.2) is 0 Å². The van der Waals surface area contributed by atoms with Gasteiger partial charge in [-0.1, -0.05) is 40.8 Å². The molecule has 2 aromatic rings. The third-order valence-electron chi connectivity index (χ3n) is 2.49. The first-order chi connectivity index (χ1) is 9.08. The molecular formula is C13H14N4S2. The molecule has 0 bridgehead atoms. The van der Waals surface area contributed by atoms with E-state index in [1.54, 1.807) is 0 Å². The molecular weight excluding hydrogens is 276 g/mol. The van der Waals surface area contributed by atoms with Crippen LogP contribution in [0.15, 0.2) is 22.5 Å². The molecule has 0 saturated carbocycles. The predicted octanol–water partition coefficient (Wildman–Crippen LogP) is 3.90. The summed E-state index contributed by atoms with van der Waals surface area (Å²) in [6.07, 6.45) is 0. The number of anilines is 2. The number of hydrogen-bond donors (Lipinski definition) is 1. The second-order valence-electron chi connectivity index (χ2n) is 4.21. The van der Waals surface area contributed by atoms with Crippen LogP contribution < -0.4 is 5.32 Å². The topological polar surface area (TPSA) is 61.6 Å². The lowest BCUT2D eigenvalue weighted by atomic mass is 10.1. The third kappa shape index (κ3) is 3.69. The molecule has 4 nitrogen and oxygen atoms in total. The summed E-state index contributed by atoms with van der Waals surface area (Å²) >= 11 is 2.89. The Balaban J connectivity index is 2.10. The summed E-state index contributed by atoms with van der Waals surface area (Å²) in [5.41, 5.74) is 3.45. The molecule has 1 heterocycles. The summed E-state index contributed by atoms with van der Waals surface area (Å²) in [6, 6.07) is 8.39. The van der Waals surface area contributed by atoms with Gasteiger partial charge in [0.05, 0.1) is 11.3 Å². The SMILES string of the molecule is Cc1ccc(Nc2nnc(S[C@@H](C)C#N)s2)c(C)c1. The van der Waals surface area contributed by atoms with Crippen LogP contribution >= 0.6 is 23.1 Å². The van der Waals surface area contributed by atoms with E-state index in [9.17, 15) is 0 Å². The maximum atomic E-state index is 8.77. The second-order valence-corrected chi connectivity index (χ2v) is 6.77. The normalized spacial score (nSPS) is 11.9. The van der Waals surface area contributed by atoms with Crippen molar-refractivity contribution in [3.63, 3.8) is 0 Å². The molecule has 0 amide bonds. The molecule has 0 aliphatic rings. The lowest BCUT2D eigenvalue weighted by molar-refractivity contribution is 1.01. The van der Waals surface area contributed by atoms with Gasteiger partial charge in [-0.2, -0.15) is 5.26 Å². The zero-order valence-electron chi connectivity index (χ0n) is 11.0. The molecule has 6 heteroatoms. The van der Waals surface area contributed by atoms with Gasteiger partial charge in [0.25, 0.3) is 0 Å². The van der Waals surface area contributed by atoms with E-state index >= 15 is 0 Å². The summed E-state index contributed by atoms with van der Waals surface area (Å²) in [7, 11) is 0. The summed E-state index contributed by atoms with van der Waals surface area (Å²) in [5.74, 6) is 0.